The number of carbonyl (C=O) groups excluding carboxylic acids is 5. The number of hydrogen-bond donors (Lipinski definition) is 0. The summed E-state index contributed by atoms with van der Waals surface area (Å²) in [5, 5.41) is 0. The minimum atomic E-state index is -1.71. The number of rotatable bonds is 5. The number of hydrogen-bond acceptors (Lipinski definition) is 10. The van der Waals surface area contributed by atoms with Crippen LogP contribution >= 0.6 is 0 Å². The van der Waals surface area contributed by atoms with Gasteiger partial charge in [-0.15, -0.1) is 0 Å². The molecule has 0 heterocycles. The van der Waals surface area contributed by atoms with Crippen molar-refractivity contribution in [3.05, 3.63) is 22.3 Å². The standard InChI is InChI=1S/C15H16O10.K/c1-21-11(16)6-7(12(17)22-2)9(14(19)24-4)10(15(20)25-5)8(6)13(18)23-3;/h6H,1-5H3;. The molecule has 0 saturated heterocycles. The molecule has 10 nitrogen and oxygen atoms in total. The minimum absolute atomic E-state index is 0. The quantitative estimate of drug-likeness (QED) is 0.314. The van der Waals surface area contributed by atoms with E-state index in [0.29, 0.717) is 0 Å². The van der Waals surface area contributed by atoms with Crippen molar-refractivity contribution in [1.29, 1.82) is 0 Å². The van der Waals surface area contributed by atoms with Crippen LogP contribution in [0.4, 0.5) is 0 Å². The predicted octanol–water partition coefficient (Wildman–Crippen LogP) is -1.31. The zero-order valence-corrected chi connectivity index (χ0v) is 18.3. The fraction of sp³-hybridized carbons (Fsp3) is 0.400. The van der Waals surface area contributed by atoms with Crippen molar-refractivity contribution in [2.45, 2.75) is 0 Å². The summed E-state index contributed by atoms with van der Waals surface area (Å²) < 4.78 is 22.8. The molecule has 11 heteroatoms. The van der Waals surface area contributed by atoms with Crippen LogP contribution in [0.2, 0.25) is 0 Å². The van der Waals surface area contributed by atoms with E-state index in [4.69, 9.17) is 0 Å². The maximum atomic E-state index is 12.2. The van der Waals surface area contributed by atoms with Crippen molar-refractivity contribution in [1.82, 2.24) is 0 Å². The molecule has 1 aliphatic rings. The van der Waals surface area contributed by atoms with Gasteiger partial charge < -0.3 is 23.7 Å². The average Bonchev–Trinajstić information content (AvgIpc) is 3.00. The fourth-order valence-corrected chi connectivity index (χ4v) is 2.34. The van der Waals surface area contributed by atoms with Gasteiger partial charge in [-0.25, -0.2) is 19.2 Å². The Morgan fingerprint density at radius 1 is 0.577 bits per heavy atom. The van der Waals surface area contributed by atoms with Crippen molar-refractivity contribution >= 4 is 81.2 Å². The van der Waals surface area contributed by atoms with Crippen LogP contribution in [-0.2, 0) is 47.7 Å². The Morgan fingerprint density at radius 3 is 1.12 bits per heavy atom. The first-order chi connectivity index (χ1) is 11.8. The smallest absolute Gasteiger partial charge is 0.339 e. The fourth-order valence-electron chi connectivity index (χ4n) is 2.34. The van der Waals surface area contributed by atoms with Gasteiger partial charge in [0.25, 0.3) is 0 Å². The Kier molecular flexibility index (Phi) is 9.95. The van der Waals surface area contributed by atoms with Crippen LogP contribution in [-0.4, -0.2) is 117 Å². The molecule has 0 aliphatic heterocycles. The zero-order chi connectivity index (χ0) is 19.3. The first kappa shape index (κ1) is 24.5. The number of carbonyl (C=O) groups is 5. The summed E-state index contributed by atoms with van der Waals surface area (Å²) in [7, 11) is 4.96. The summed E-state index contributed by atoms with van der Waals surface area (Å²) >= 11 is 0. The molecule has 0 amide bonds. The largest absolute Gasteiger partial charge is 0.468 e. The summed E-state index contributed by atoms with van der Waals surface area (Å²) in [6.07, 6.45) is 0. The van der Waals surface area contributed by atoms with Gasteiger partial charge in [-0.05, 0) is 0 Å². The molecule has 1 rings (SSSR count). The molecule has 0 aromatic rings. The molecule has 26 heavy (non-hydrogen) atoms. The molecule has 137 valence electrons. The van der Waals surface area contributed by atoms with E-state index < -0.39 is 58.1 Å². The van der Waals surface area contributed by atoms with Crippen LogP contribution in [0.5, 0.6) is 0 Å². The maximum Gasteiger partial charge on any atom is 0.339 e. The zero-order valence-electron chi connectivity index (χ0n) is 15.2. The third-order valence-electron chi connectivity index (χ3n) is 3.39. The Balaban J connectivity index is 0.00000625. The number of esters is 5. The van der Waals surface area contributed by atoms with Crippen molar-refractivity contribution in [2.24, 2.45) is 5.92 Å². The second-order valence-electron chi connectivity index (χ2n) is 4.50. The molecule has 0 saturated carbocycles. The average molecular weight is 395 g/mol. The third-order valence-corrected chi connectivity index (χ3v) is 3.39. The van der Waals surface area contributed by atoms with Crippen molar-refractivity contribution in [3.63, 3.8) is 0 Å². The number of methoxy groups -OCH3 is 5. The predicted molar refractivity (Wildman–Crippen MR) is 83.4 cm³/mol. The van der Waals surface area contributed by atoms with Gasteiger partial charge in [0.15, 0.2) is 0 Å². The summed E-state index contributed by atoms with van der Waals surface area (Å²) in [4.78, 5) is 60.8. The van der Waals surface area contributed by atoms with Crippen LogP contribution in [0.25, 0.3) is 0 Å². The van der Waals surface area contributed by atoms with Crippen molar-refractivity contribution in [2.75, 3.05) is 35.5 Å². The van der Waals surface area contributed by atoms with E-state index in [0.717, 1.165) is 35.5 Å². The Hall–Kier alpha value is -1.53. The third kappa shape index (κ3) is 4.41. The molecule has 0 unspecified atom stereocenters. The van der Waals surface area contributed by atoms with Crippen LogP contribution < -0.4 is 0 Å². The Bertz CT molecular complexity index is 651. The molecule has 0 N–H and O–H groups in total. The molecule has 0 atom stereocenters. The van der Waals surface area contributed by atoms with Gasteiger partial charge in [-0.1, -0.05) is 0 Å². The molecule has 1 aliphatic carbocycles. The molecule has 0 bridgehead atoms. The van der Waals surface area contributed by atoms with E-state index in [1.807, 2.05) is 0 Å². The summed E-state index contributed by atoms with van der Waals surface area (Å²) in [6.45, 7) is 0. The van der Waals surface area contributed by atoms with E-state index >= 15 is 0 Å². The first-order valence-corrected chi connectivity index (χ1v) is 6.70. The van der Waals surface area contributed by atoms with E-state index in [1.54, 1.807) is 0 Å². The van der Waals surface area contributed by atoms with Gasteiger partial charge in [0.05, 0.1) is 57.8 Å². The van der Waals surface area contributed by atoms with E-state index in [-0.39, 0.29) is 51.4 Å². The summed E-state index contributed by atoms with van der Waals surface area (Å²) in [6, 6.07) is 0. The molecule has 0 fully saturated rings. The molecule has 0 spiro atoms. The molecular formula is C15H16KO10. The van der Waals surface area contributed by atoms with E-state index in [9.17, 15) is 24.0 Å². The van der Waals surface area contributed by atoms with Gasteiger partial charge in [-0.2, -0.15) is 0 Å². The molecule has 0 aromatic carbocycles. The van der Waals surface area contributed by atoms with Crippen LogP contribution in [0.1, 0.15) is 0 Å². The number of ether oxygens (including phenoxy) is 5. The van der Waals surface area contributed by atoms with Crippen LogP contribution in [0, 0.1) is 5.92 Å². The summed E-state index contributed by atoms with van der Waals surface area (Å²) in [5.41, 5.74) is -2.42. The van der Waals surface area contributed by atoms with Crippen molar-refractivity contribution < 1.29 is 47.7 Å². The van der Waals surface area contributed by atoms with E-state index in [1.165, 1.54) is 0 Å². The van der Waals surface area contributed by atoms with E-state index in [2.05, 4.69) is 23.7 Å². The Labute approximate surface area is 191 Å². The SMILES string of the molecule is COC(=O)C1=C(C(=O)OC)C(C(=O)OC)C(C(=O)OC)=C1C(=O)OC.[K]. The molecular weight excluding hydrogens is 379 g/mol. The van der Waals surface area contributed by atoms with Gasteiger partial charge in [0, 0.05) is 51.4 Å². The maximum absolute atomic E-state index is 12.2. The Morgan fingerprint density at radius 2 is 0.885 bits per heavy atom. The molecule has 1 radical (unpaired) electrons. The topological polar surface area (TPSA) is 132 Å². The van der Waals surface area contributed by atoms with Gasteiger partial charge in [-0.3, -0.25) is 4.79 Å². The monoisotopic (exact) mass is 395 g/mol. The van der Waals surface area contributed by atoms with Gasteiger partial charge in [0.2, 0.25) is 0 Å². The normalized spacial score (nSPS) is 13.6. The van der Waals surface area contributed by atoms with Gasteiger partial charge >= 0.3 is 29.8 Å². The minimum Gasteiger partial charge on any atom is -0.468 e. The van der Waals surface area contributed by atoms with Crippen LogP contribution in [0.3, 0.4) is 0 Å². The second-order valence-corrected chi connectivity index (χ2v) is 4.50. The van der Waals surface area contributed by atoms with Crippen molar-refractivity contribution in [3.8, 4) is 0 Å². The van der Waals surface area contributed by atoms with Gasteiger partial charge in [0.1, 0.15) is 5.92 Å². The first-order valence-electron chi connectivity index (χ1n) is 6.70. The van der Waals surface area contributed by atoms with Crippen LogP contribution in [0.15, 0.2) is 22.3 Å². The summed E-state index contributed by atoms with van der Waals surface area (Å²) in [5.74, 6) is -7.34. The second kappa shape index (κ2) is 10.6. The molecule has 0 aromatic heterocycles.